The molecule has 1 aliphatic rings. The maximum absolute atomic E-state index is 14.6. The van der Waals surface area contributed by atoms with E-state index in [4.69, 9.17) is 4.98 Å². The first kappa shape index (κ1) is 28.7. The number of hydrogen-bond acceptors (Lipinski definition) is 8. The molecule has 6 aromatic rings. The number of aromatic amines is 2. The Balaban J connectivity index is 1.22. The molecule has 14 heteroatoms. The van der Waals surface area contributed by atoms with Crippen molar-refractivity contribution in [3.63, 3.8) is 0 Å². The molecule has 5 aromatic heterocycles. The molecule has 1 aromatic carbocycles. The summed E-state index contributed by atoms with van der Waals surface area (Å²) in [5, 5.41) is 11.1. The second kappa shape index (κ2) is 11.4. The lowest BCUT2D eigenvalue weighted by Gasteiger charge is -2.11. The molecule has 1 saturated carbocycles. The predicted molar refractivity (Wildman–Crippen MR) is 168 cm³/mol. The van der Waals surface area contributed by atoms with Gasteiger partial charge in [0.1, 0.15) is 17.0 Å². The zero-order chi connectivity index (χ0) is 31.1. The standard InChI is InChI=1S/C31H28FN9O3S/c1-45(43,44)36-13-17-8-19(10-22(32)9-17)26-28-25(6-7-34-26)38-30(39-28)27-24-12-21(15-35-29(24)41-40-27)20-11-23(16-33-14-20)37-31(42)18-4-2-3-5-18/h6-12,14-16,18,36H,2-5,13H2,1H3,(H,37,42)(H,38,39)(H,35,40,41). The van der Waals surface area contributed by atoms with E-state index in [0.29, 0.717) is 56.1 Å². The van der Waals surface area contributed by atoms with E-state index >= 15 is 0 Å². The molecular formula is C31H28FN9O3S. The van der Waals surface area contributed by atoms with Crippen molar-refractivity contribution in [1.82, 2.24) is 39.8 Å². The van der Waals surface area contributed by atoms with Gasteiger partial charge in [-0.2, -0.15) is 5.10 Å². The first-order valence-corrected chi connectivity index (χ1v) is 16.3. The van der Waals surface area contributed by atoms with Gasteiger partial charge in [-0.1, -0.05) is 12.8 Å². The van der Waals surface area contributed by atoms with E-state index in [-0.39, 0.29) is 18.4 Å². The summed E-state index contributed by atoms with van der Waals surface area (Å²) in [7, 11) is -3.46. The second-order valence-corrected chi connectivity index (χ2v) is 13.0. The van der Waals surface area contributed by atoms with Crippen molar-refractivity contribution in [2.45, 2.75) is 32.2 Å². The Labute approximate surface area is 257 Å². The highest BCUT2D eigenvalue weighted by atomic mass is 32.2. The highest BCUT2D eigenvalue weighted by molar-refractivity contribution is 7.88. The highest BCUT2D eigenvalue weighted by Gasteiger charge is 2.23. The number of nitrogens with one attached hydrogen (secondary N) is 4. The molecule has 0 spiro atoms. The third-order valence-corrected chi connectivity index (χ3v) is 8.55. The van der Waals surface area contributed by atoms with Crippen molar-refractivity contribution in [2.75, 3.05) is 11.6 Å². The van der Waals surface area contributed by atoms with Crippen molar-refractivity contribution < 1.29 is 17.6 Å². The second-order valence-electron chi connectivity index (χ2n) is 11.2. The number of carbonyl (C=O) groups is 1. The van der Waals surface area contributed by atoms with Crippen molar-refractivity contribution in [3.05, 3.63) is 72.6 Å². The van der Waals surface area contributed by atoms with E-state index in [0.717, 1.165) is 43.1 Å². The van der Waals surface area contributed by atoms with Crippen LogP contribution in [0.4, 0.5) is 10.1 Å². The van der Waals surface area contributed by atoms with Gasteiger partial charge in [-0.15, -0.1) is 0 Å². The molecule has 1 fully saturated rings. The Bertz CT molecular complexity index is 2190. The molecule has 4 N–H and O–H groups in total. The number of halogens is 1. The fourth-order valence-electron chi connectivity index (χ4n) is 5.71. The Hall–Kier alpha value is -5.08. The van der Waals surface area contributed by atoms with Crippen LogP contribution >= 0.6 is 0 Å². The normalized spacial score (nSPS) is 14.0. The molecule has 0 unspecified atom stereocenters. The summed E-state index contributed by atoms with van der Waals surface area (Å²) >= 11 is 0. The van der Waals surface area contributed by atoms with Crippen LogP contribution in [-0.4, -0.2) is 55.7 Å². The number of pyridine rings is 3. The molecular weight excluding hydrogens is 597 g/mol. The number of rotatable bonds is 8. The molecule has 1 amide bonds. The van der Waals surface area contributed by atoms with Gasteiger partial charge in [-0.3, -0.25) is 19.9 Å². The zero-order valence-corrected chi connectivity index (χ0v) is 24.9. The van der Waals surface area contributed by atoms with Crippen molar-refractivity contribution in [2.24, 2.45) is 5.92 Å². The van der Waals surface area contributed by atoms with Crippen LogP contribution in [0.1, 0.15) is 31.2 Å². The summed E-state index contributed by atoms with van der Waals surface area (Å²) in [4.78, 5) is 34.1. The number of aromatic nitrogens is 7. The fourth-order valence-corrected chi connectivity index (χ4v) is 6.13. The molecule has 7 rings (SSSR count). The monoisotopic (exact) mass is 625 g/mol. The minimum atomic E-state index is -3.46. The number of nitrogens with zero attached hydrogens (tertiary/aromatic N) is 5. The van der Waals surface area contributed by atoms with Gasteiger partial charge in [-0.05, 0) is 54.8 Å². The summed E-state index contributed by atoms with van der Waals surface area (Å²) < 4.78 is 40.1. The van der Waals surface area contributed by atoms with Crippen LogP contribution in [-0.2, 0) is 21.4 Å². The largest absolute Gasteiger partial charge is 0.337 e. The highest BCUT2D eigenvalue weighted by Crippen LogP contribution is 2.33. The zero-order valence-electron chi connectivity index (χ0n) is 24.1. The van der Waals surface area contributed by atoms with Crippen LogP contribution < -0.4 is 10.0 Å². The average molecular weight is 626 g/mol. The number of fused-ring (bicyclic) bond motifs is 2. The van der Waals surface area contributed by atoms with Gasteiger partial charge in [0, 0.05) is 47.7 Å². The lowest BCUT2D eigenvalue weighted by molar-refractivity contribution is -0.119. The van der Waals surface area contributed by atoms with E-state index in [1.54, 1.807) is 36.9 Å². The summed E-state index contributed by atoms with van der Waals surface area (Å²) in [6.45, 7) is -0.0633. The minimum absolute atomic E-state index is 0.0240. The summed E-state index contributed by atoms with van der Waals surface area (Å²) in [6, 6.07) is 9.85. The quantitative estimate of drug-likeness (QED) is 0.184. The number of amides is 1. The molecule has 0 bridgehead atoms. The maximum atomic E-state index is 14.6. The SMILES string of the molecule is CS(=O)(=O)NCc1cc(F)cc(-c2nccc3[nH]c(-c4[nH]nc5ncc(-c6cncc(NC(=O)C7CCCC7)c6)cc45)nc23)c1. The van der Waals surface area contributed by atoms with Crippen LogP contribution in [0.15, 0.2) is 61.2 Å². The maximum Gasteiger partial charge on any atom is 0.227 e. The third-order valence-electron chi connectivity index (χ3n) is 7.88. The first-order chi connectivity index (χ1) is 21.7. The van der Waals surface area contributed by atoms with Crippen LogP contribution in [0, 0.1) is 11.7 Å². The molecule has 45 heavy (non-hydrogen) atoms. The van der Waals surface area contributed by atoms with Crippen LogP contribution in [0.2, 0.25) is 0 Å². The van der Waals surface area contributed by atoms with Crippen LogP contribution in [0.3, 0.4) is 0 Å². The van der Waals surface area contributed by atoms with E-state index in [2.05, 4.69) is 40.2 Å². The Kier molecular flexibility index (Phi) is 7.30. The van der Waals surface area contributed by atoms with E-state index in [9.17, 15) is 17.6 Å². The summed E-state index contributed by atoms with van der Waals surface area (Å²) in [5.41, 5.74) is 5.76. The van der Waals surface area contributed by atoms with E-state index in [1.165, 1.54) is 12.1 Å². The Morgan fingerprint density at radius 3 is 2.67 bits per heavy atom. The Morgan fingerprint density at radius 2 is 1.84 bits per heavy atom. The minimum Gasteiger partial charge on any atom is -0.337 e. The Morgan fingerprint density at radius 1 is 1.02 bits per heavy atom. The third kappa shape index (κ3) is 6.01. The predicted octanol–water partition coefficient (Wildman–Crippen LogP) is 4.94. The number of anilines is 1. The number of H-pyrrole nitrogens is 2. The lowest BCUT2D eigenvalue weighted by atomic mass is 10.1. The van der Waals surface area contributed by atoms with Gasteiger partial charge < -0.3 is 10.3 Å². The fraction of sp³-hybridized carbons (Fsp3) is 0.226. The van der Waals surface area contributed by atoms with Crippen LogP contribution in [0.5, 0.6) is 0 Å². The number of carbonyl (C=O) groups excluding carboxylic acids is 1. The number of benzene rings is 1. The number of hydrogen-bond donors (Lipinski definition) is 4. The molecule has 12 nitrogen and oxygen atoms in total. The van der Waals surface area contributed by atoms with Crippen molar-refractivity contribution >= 4 is 43.7 Å². The van der Waals surface area contributed by atoms with E-state index in [1.807, 2.05) is 12.1 Å². The molecule has 5 heterocycles. The van der Waals surface area contributed by atoms with Gasteiger partial charge in [0.15, 0.2) is 11.5 Å². The van der Waals surface area contributed by atoms with Crippen molar-refractivity contribution in [3.8, 4) is 33.9 Å². The number of imidazole rings is 1. The smallest absolute Gasteiger partial charge is 0.227 e. The lowest BCUT2D eigenvalue weighted by Crippen LogP contribution is -2.21. The van der Waals surface area contributed by atoms with Gasteiger partial charge >= 0.3 is 0 Å². The molecule has 0 aliphatic heterocycles. The molecule has 1 aliphatic carbocycles. The molecule has 228 valence electrons. The average Bonchev–Trinajstić information content (AvgIpc) is 3.79. The first-order valence-electron chi connectivity index (χ1n) is 14.4. The van der Waals surface area contributed by atoms with Crippen molar-refractivity contribution in [1.29, 1.82) is 0 Å². The topological polar surface area (TPSA) is 171 Å². The number of sulfonamides is 1. The van der Waals surface area contributed by atoms with Gasteiger partial charge in [0.05, 0.1) is 34.7 Å². The van der Waals surface area contributed by atoms with Gasteiger partial charge in [0.25, 0.3) is 0 Å². The molecule has 0 atom stereocenters. The van der Waals surface area contributed by atoms with Gasteiger partial charge in [0.2, 0.25) is 15.9 Å². The molecule has 0 radical (unpaired) electrons. The van der Waals surface area contributed by atoms with Gasteiger partial charge in [-0.25, -0.2) is 27.5 Å². The van der Waals surface area contributed by atoms with E-state index < -0.39 is 15.8 Å². The summed E-state index contributed by atoms with van der Waals surface area (Å²) in [6.07, 6.45) is 11.7. The summed E-state index contributed by atoms with van der Waals surface area (Å²) in [5.74, 6) is 0.0180. The van der Waals surface area contributed by atoms with Crippen LogP contribution in [0.25, 0.3) is 56.0 Å². The molecule has 0 saturated heterocycles.